The van der Waals surface area contributed by atoms with Crippen LogP contribution in [0.2, 0.25) is 0 Å². The lowest BCUT2D eigenvalue weighted by atomic mass is 9.88. The van der Waals surface area contributed by atoms with E-state index in [9.17, 15) is 5.11 Å². The molecule has 2 rings (SSSR count). The molecule has 1 saturated heterocycles. The third kappa shape index (κ3) is 2.67. The minimum absolute atomic E-state index is 0.0658. The van der Waals surface area contributed by atoms with E-state index in [4.69, 9.17) is 4.74 Å². The van der Waals surface area contributed by atoms with Crippen molar-refractivity contribution >= 4 is 0 Å². The number of morpholine rings is 1. The molecule has 0 bridgehead atoms. The van der Waals surface area contributed by atoms with Gasteiger partial charge in [0.2, 0.25) is 0 Å². The van der Waals surface area contributed by atoms with Crippen molar-refractivity contribution in [2.45, 2.75) is 71.3 Å². The molecule has 1 saturated carbocycles. The Morgan fingerprint density at radius 3 is 2.35 bits per heavy atom. The first-order valence-electron chi connectivity index (χ1n) is 6.81. The van der Waals surface area contributed by atoms with Crippen LogP contribution in [0, 0.1) is 5.41 Å². The molecule has 100 valence electrons. The Kier molecular flexibility index (Phi) is 3.30. The van der Waals surface area contributed by atoms with Crippen molar-refractivity contribution in [1.29, 1.82) is 0 Å². The number of aliphatic hydroxyl groups excluding tert-OH is 1. The van der Waals surface area contributed by atoms with Crippen LogP contribution >= 0.6 is 0 Å². The molecule has 0 aromatic carbocycles. The van der Waals surface area contributed by atoms with Crippen molar-refractivity contribution < 1.29 is 9.84 Å². The van der Waals surface area contributed by atoms with Gasteiger partial charge in [0.1, 0.15) is 0 Å². The fraction of sp³-hybridized carbons (Fsp3) is 1.00. The van der Waals surface area contributed by atoms with Crippen LogP contribution in [-0.2, 0) is 4.74 Å². The van der Waals surface area contributed by atoms with E-state index >= 15 is 0 Å². The molecule has 3 unspecified atom stereocenters. The van der Waals surface area contributed by atoms with E-state index < -0.39 is 0 Å². The van der Waals surface area contributed by atoms with Gasteiger partial charge in [-0.3, -0.25) is 4.90 Å². The highest BCUT2D eigenvalue weighted by Gasteiger charge is 2.46. The van der Waals surface area contributed by atoms with Crippen molar-refractivity contribution in [3.8, 4) is 0 Å². The molecule has 2 fully saturated rings. The van der Waals surface area contributed by atoms with Gasteiger partial charge in [-0.2, -0.15) is 0 Å². The van der Waals surface area contributed by atoms with E-state index in [0.29, 0.717) is 6.04 Å². The minimum Gasteiger partial charge on any atom is -0.391 e. The van der Waals surface area contributed by atoms with Gasteiger partial charge in [-0.1, -0.05) is 13.8 Å². The summed E-state index contributed by atoms with van der Waals surface area (Å²) in [5, 5.41) is 10.4. The minimum atomic E-state index is -0.205. The first-order chi connectivity index (χ1) is 7.71. The molecule has 0 aromatic heterocycles. The summed E-state index contributed by atoms with van der Waals surface area (Å²) in [6.45, 7) is 12.6. The maximum Gasteiger partial charge on any atom is 0.0757 e. The van der Waals surface area contributed by atoms with Crippen LogP contribution in [0.4, 0.5) is 0 Å². The molecule has 3 atom stereocenters. The first kappa shape index (κ1) is 13.3. The first-order valence-corrected chi connectivity index (χ1v) is 6.81. The molecular weight excluding hydrogens is 214 g/mol. The largest absolute Gasteiger partial charge is 0.391 e. The van der Waals surface area contributed by atoms with Crippen LogP contribution < -0.4 is 0 Å². The van der Waals surface area contributed by atoms with Gasteiger partial charge in [-0.15, -0.1) is 0 Å². The Morgan fingerprint density at radius 1 is 1.24 bits per heavy atom. The van der Waals surface area contributed by atoms with Crippen molar-refractivity contribution in [1.82, 2.24) is 4.90 Å². The summed E-state index contributed by atoms with van der Waals surface area (Å²) in [5.74, 6) is 0. The van der Waals surface area contributed by atoms with Crippen LogP contribution in [0.1, 0.15) is 47.5 Å². The zero-order chi connectivity index (χ0) is 12.8. The fourth-order valence-corrected chi connectivity index (χ4v) is 3.48. The van der Waals surface area contributed by atoms with Crippen LogP contribution in [0.5, 0.6) is 0 Å². The Hall–Kier alpha value is -0.120. The van der Waals surface area contributed by atoms with E-state index in [0.717, 1.165) is 25.9 Å². The van der Waals surface area contributed by atoms with E-state index in [1.54, 1.807) is 0 Å². The highest BCUT2D eigenvalue weighted by molar-refractivity contribution is 4.99. The van der Waals surface area contributed by atoms with Gasteiger partial charge in [-0.05, 0) is 39.0 Å². The van der Waals surface area contributed by atoms with E-state index in [1.807, 2.05) is 0 Å². The number of aliphatic hydroxyl groups is 1. The zero-order valence-corrected chi connectivity index (χ0v) is 11.9. The summed E-state index contributed by atoms with van der Waals surface area (Å²) in [6, 6.07) is 0.315. The molecule has 3 heteroatoms. The van der Waals surface area contributed by atoms with Gasteiger partial charge in [0.25, 0.3) is 0 Å². The maximum atomic E-state index is 10.4. The summed E-state index contributed by atoms with van der Waals surface area (Å²) in [7, 11) is 0. The average Bonchev–Trinajstić information content (AvgIpc) is 2.38. The smallest absolute Gasteiger partial charge is 0.0757 e. The SMILES string of the molecule is CC1CN(C2CCC(C)(C)C2O)CC(C)(C)O1. The van der Waals surface area contributed by atoms with E-state index in [-0.39, 0.29) is 23.2 Å². The highest BCUT2D eigenvalue weighted by Crippen LogP contribution is 2.41. The second kappa shape index (κ2) is 4.22. The van der Waals surface area contributed by atoms with Crippen LogP contribution in [0.3, 0.4) is 0 Å². The van der Waals surface area contributed by atoms with Gasteiger partial charge >= 0.3 is 0 Å². The third-order valence-corrected chi connectivity index (χ3v) is 4.31. The van der Waals surface area contributed by atoms with E-state index in [1.165, 1.54) is 0 Å². The van der Waals surface area contributed by atoms with Gasteiger partial charge < -0.3 is 9.84 Å². The topological polar surface area (TPSA) is 32.7 Å². The predicted octanol–water partition coefficient (Wildman–Crippen LogP) is 2.04. The number of ether oxygens (including phenoxy) is 1. The quantitative estimate of drug-likeness (QED) is 0.762. The van der Waals surface area contributed by atoms with Gasteiger partial charge in [0, 0.05) is 19.1 Å². The molecule has 0 amide bonds. The van der Waals surface area contributed by atoms with Crippen molar-refractivity contribution in [3.05, 3.63) is 0 Å². The molecule has 1 aliphatic carbocycles. The Balaban J connectivity index is 2.08. The molecule has 1 heterocycles. The molecular formula is C14H27NO2. The van der Waals surface area contributed by atoms with Crippen LogP contribution in [0.25, 0.3) is 0 Å². The van der Waals surface area contributed by atoms with Crippen molar-refractivity contribution in [2.75, 3.05) is 13.1 Å². The Morgan fingerprint density at radius 2 is 1.88 bits per heavy atom. The maximum absolute atomic E-state index is 10.4. The van der Waals surface area contributed by atoms with Gasteiger partial charge in [-0.25, -0.2) is 0 Å². The van der Waals surface area contributed by atoms with E-state index in [2.05, 4.69) is 39.5 Å². The summed E-state index contributed by atoms with van der Waals surface area (Å²) < 4.78 is 5.93. The third-order valence-electron chi connectivity index (χ3n) is 4.31. The number of rotatable bonds is 1. The monoisotopic (exact) mass is 241 g/mol. The van der Waals surface area contributed by atoms with Gasteiger partial charge in [0.15, 0.2) is 0 Å². The molecule has 17 heavy (non-hydrogen) atoms. The second-order valence-corrected chi connectivity index (χ2v) is 7.16. The Labute approximate surface area is 105 Å². The molecule has 0 radical (unpaired) electrons. The molecule has 3 nitrogen and oxygen atoms in total. The molecule has 1 N–H and O–H groups in total. The molecule has 1 aliphatic heterocycles. The standard InChI is InChI=1S/C14H27NO2/c1-10-8-15(9-14(4,5)17-10)11-6-7-13(2,3)12(11)16/h10-12,16H,6-9H2,1-5H3. The lowest BCUT2D eigenvalue weighted by Crippen LogP contribution is -2.57. The van der Waals surface area contributed by atoms with Crippen LogP contribution in [-0.4, -0.2) is 46.9 Å². The van der Waals surface area contributed by atoms with Gasteiger partial charge in [0.05, 0.1) is 17.8 Å². The van der Waals surface area contributed by atoms with Crippen molar-refractivity contribution in [2.24, 2.45) is 5.41 Å². The number of hydrogen-bond acceptors (Lipinski definition) is 3. The summed E-state index contributed by atoms with van der Waals surface area (Å²) in [4.78, 5) is 2.44. The fourth-order valence-electron chi connectivity index (χ4n) is 3.48. The lowest BCUT2D eigenvalue weighted by molar-refractivity contribution is -0.147. The highest BCUT2D eigenvalue weighted by atomic mass is 16.5. The molecule has 0 spiro atoms. The second-order valence-electron chi connectivity index (χ2n) is 7.16. The summed E-state index contributed by atoms with van der Waals surface area (Å²) in [5.41, 5.74) is -0.0273. The van der Waals surface area contributed by atoms with Crippen molar-refractivity contribution in [3.63, 3.8) is 0 Å². The zero-order valence-electron chi connectivity index (χ0n) is 11.9. The average molecular weight is 241 g/mol. The predicted molar refractivity (Wildman–Crippen MR) is 69.0 cm³/mol. The number of hydrogen-bond donors (Lipinski definition) is 1. The molecule has 0 aromatic rings. The van der Waals surface area contributed by atoms with Crippen LogP contribution in [0.15, 0.2) is 0 Å². The lowest BCUT2D eigenvalue weighted by Gasteiger charge is -2.45. The summed E-state index contributed by atoms with van der Waals surface area (Å²) in [6.07, 6.45) is 2.28. The molecule has 2 aliphatic rings. The summed E-state index contributed by atoms with van der Waals surface area (Å²) >= 11 is 0. The number of nitrogens with zero attached hydrogens (tertiary/aromatic N) is 1. The normalized spacial score (nSPS) is 41.6. The Bertz CT molecular complexity index is 288.